The van der Waals surface area contributed by atoms with E-state index in [-0.39, 0.29) is 18.4 Å². The summed E-state index contributed by atoms with van der Waals surface area (Å²) in [4.78, 5) is 29.4. The van der Waals surface area contributed by atoms with Crippen LogP contribution in [0.15, 0.2) is 18.7 Å². The molecule has 3 N–H and O–H groups in total. The van der Waals surface area contributed by atoms with E-state index >= 15 is 0 Å². The minimum Gasteiger partial charge on any atom is -0.481 e. The number of nitrogens with one attached hydrogen (secondary N) is 2. The molecule has 0 aromatic carbocycles. The quantitative estimate of drug-likeness (QED) is 0.703. The van der Waals surface area contributed by atoms with Crippen LogP contribution in [0.5, 0.6) is 0 Å². The van der Waals surface area contributed by atoms with E-state index in [4.69, 9.17) is 5.11 Å². The predicted molar refractivity (Wildman–Crippen MR) is 65.1 cm³/mol. The zero-order valence-electron chi connectivity index (χ0n) is 10.1. The zero-order valence-corrected chi connectivity index (χ0v) is 10.1. The molecule has 0 aliphatic heterocycles. The van der Waals surface area contributed by atoms with Gasteiger partial charge in [-0.3, -0.25) is 4.79 Å². The third-order valence-corrected chi connectivity index (χ3v) is 2.28. The van der Waals surface area contributed by atoms with Crippen LogP contribution in [0, 0.1) is 5.92 Å². The van der Waals surface area contributed by atoms with Crippen molar-refractivity contribution in [3.63, 3.8) is 0 Å². The van der Waals surface area contributed by atoms with Gasteiger partial charge in [0.25, 0.3) is 0 Å². The standard InChI is InChI=1S/C11H16N4O3/c1-8(2-3-10(16)17)4-14-11(18)15-9-5-12-7-13-6-9/h5-8H,2-4H2,1H3,(H,16,17)(H2,14,15,18). The molecule has 1 unspecified atom stereocenters. The third-order valence-electron chi connectivity index (χ3n) is 2.28. The van der Waals surface area contributed by atoms with E-state index in [1.54, 1.807) is 0 Å². The monoisotopic (exact) mass is 252 g/mol. The van der Waals surface area contributed by atoms with Crippen LogP contribution in [0.4, 0.5) is 10.5 Å². The molecule has 0 spiro atoms. The van der Waals surface area contributed by atoms with E-state index in [0.29, 0.717) is 18.7 Å². The second-order valence-electron chi connectivity index (χ2n) is 4.00. The molecular weight excluding hydrogens is 236 g/mol. The van der Waals surface area contributed by atoms with Gasteiger partial charge in [-0.05, 0) is 12.3 Å². The van der Waals surface area contributed by atoms with Crippen LogP contribution >= 0.6 is 0 Å². The summed E-state index contributed by atoms with van der Waals surface area (Å²) in [5.41, 5.74) is 0.508. The van der Waals surface area contributed by atoms with Crippen molar-refractivity contribution in [1.29, 1.82) is 0 Å². The molecule has 0 saturated carbocycles. The van der Waals surface area contributed by atoms with E-state index in [1.165, 1.54) is 18.7 Å². The van der Waals surface area contributed by atoms with Gasteiger partial charge in [0.2, 0.25) is 0 Å². The van der Waals surface area contributed by atoms with Crippen LogP contribution in [0.3, 0.4) is 0 Å². The van der Waals surface area contributed by atoms with E-state index < -0.39 is 5.97 Å². The summed E-state index contributed by atoms with van der Waals surface area (Å²) in [7, 11) is 0. The van der Waals surface area contributed by atoms with Crippen molar-refractivity contribution < 1.29 is 14.7 Å². The molecule has 98 valence electrons. The highest BCUT2D eigenvalue weighted by molar-refractivity contribution is 5.88. The molecule has 18 heavy (non-hydrogen) atoms. The highest BCUT2D eigenvalue weighted by atomic mass is 16.4. The first-order valence-electron chi connectivity index (χ1n) is 5.59. The molecule has 2 amide bonds. The second-order valence-corrected chi connectivity index (χ2v) is 4.00. The molecule has 7 nitrogen and oxygen atoms in total. The fourth-order valence-electron chi connectivity index (χ4n) is 1.28. The molecule has 0 bridgehead atoms. The summed E-state index contributed by atoms with van der Waals surface area (Å²) in [5.74, 6) is -0.716. The van der Waals surface area contributed by atoms with Gasteiger partial charge in [0.05, 0.1) is 18.1 Å². The maximum absolute atomic E-state index is 11.5. The Bertz CT molecular complexity index is 397. The lowest BCUT2D eigenvalue weighted by Crippen LogP contribution is -2.32. The van der Waals surface area contributed by atoms with E-state index in [1.807, 2.05) is 6.92 Å². The smallest absolute Gasteiger partial charge is 0.319 e. The van der Waals surface area contributed by atoms with Gasteiger partial charge in [-0.2, -0.15) is 0 Å². The molecule has 1 atom stereocenters. The SMILES string of the molecule is CC(CCC(=O)O)CNC(=O)Nc1cncnc1. The van der Waals surface area contributed by atoms with Crippen LogP contribution in [-0.4, -0.2) is 33.6 Å². The molecule has 0 radical (unpaired) electrons. The number of carbonyl (C=O) groups is 2. The number of aromatic nitrogens is 2. The van der Waals surface area contributed by atoms with Crippen molar-refractivity contribution in [3.05, 3.63) is 18.7 Å². The minimum absolute atomic E-state index is 0.108. The fraction of sp³-hybridized carbons (Fsp3) is 0.455. The highest BCUT2D eigenvalue weighted by Gasteiger charge is 2.07. The second kappa shape index (κ2) is 7.21. The lowest BCUT2D eigenvalue weighted by Gasteiger charge is -2.11. The van der Waals surface area contributed by atoms with Crippen molar-refractivity contribution in [2.75, 3.05) is 11.9 Å². The summed E-state index contributed by atoms with van der Waals surface area (Å²) in [6.45, 7) is 2.31. The maximum atomic E-state index is 11.5. The van der Waals surface area contributed by atoms with Gasteiger partial charge in [-0.1, -0.05) is 6.92 Å². The predicted octanol–water partition coefficient (Wildman–Crippen LogP) is 1.10. The Morgan fingerprint density at radius 3 is 2.67 bits per heavy atom. The van der Waals surface area contributed by atoms with Gasteiger partial charge in [-0.15, -0.1) is 0 Å². The van der Waals surface area contributed by atoms with E-state index in [0.717, 1.165) is 0 Å². The summed E-state index contributed by atoms with van der Waals surface area (Å²) in [6, 6.07) is -0.355. The van der Waals surface area contributed by atoms with Crippen LogP contribution < -0.4 is 10.6 Å². The minimum atomic E-state index is -0.826. The summed E-state index contributed by atoms with van der Waals surface area (Å²) in [6.07, 6.45) is 4.99. The molecule has 1 aromatic rings. The molecule has 1 aromatic heterocycles. The summed E-state index contributed by atoms with van der Waals surface area (Å²) in [5, 5.41) is 13.7. The van der Waals surface area contributed by atoms with Gasteiger partial charge in [-0.25, -0.2) is 14.8 Å². The number of carboxylic acids is 1. The Labute approximate surface area is 105 Å². The van der Waals surface area contributed by atoms with Crippen LogP contribution in [0.2, 0.25) is 0 Å². The molecule has 7 heteroatoms. The number of carboxylic acid groups (broad SMARTS) is 1. The number of nitrogens with zero attached hydrogens (tertiary/aromatic N) is 2. The van der Waals surface area contributed by atoms with Crippen LogP contribution in [0.1, 0.15) is 19.8 Å². The molecule has 0 fully saturated rings. The number of carbonyl (C=O) groups excluding carboxylic acids is 1. The van der Waals surface area contributed by atoms with Crippen molar-refractivity contribution in [2.45, 2.75) is 19.8 Å². The van der Waals surface area contributed by atoms with Gasteiger partial charge in [0, 0.05) is 13.0 Å². The number of anilines is 1. The van der Waals surface area contributed by atoms with Crippen LogP contribution in [0.25, 0.3) is 0 Å². The first-order chi connectivity index (χ1) is 8.58. The molecular formula is C11H16N4O3. The van der Waals surface area contributed by atoms with E-state index in [2.05, 4.69) is 20.6 Å². The fourth-order valence-corrected chi connectivity index (χ4v) is 1.28. The van der Waals surface area contributed by atoms with Crippen molar-refractivity contribution in [3.8, 4) is 0 Å². The average Bonchev–Trinajstić information content (AvgIpc) is 2.35. The normalized spacial score (nSPS) is 11.6. The first-order valence-corrected chi connectivity index (χ1v) is 5.59. The average molecular weight is 252 g/mol. The Balaban J connectivity index is 2.23. The third kappa shape index (κ3) is 5.78. The number of urea groups is 1. The van der Waals surface area contributed by atoms with Gasteiger partial charge < -0.3 is 15.7 Å². The lowest BCUT2D eigenvalue weighted by molar-refractivity contribution is -0.137. The van der Waals surface area contributed by atoms with Gasteiger partial charge in [0.15, 0.2) is 0 Å². The lowest BCUT2D eigenvalue weighted by atomic mass is 10.1. The Hall–Kier alpha value is -2.18. The topological polar surface area (TPSA) is 104 Å². The molecule has 1 heterocycles. The first kappa shape index (κ1) is 13.9. The van der Waals surface area contributed by atoms with Crippen LogP contribution in [-0.2, 0) is 4.79 Å². The summed E-state index contributed by atoms with van der Waals surface area (Å²) >= 11 is 0. The van der Waals surface area contributed by atoms with Crippen molar-refractivity contribution >= 4 is 17.7 Å². The van der Waals surface area contributed by atoms with Crippen molar-refractivity contribution in [2.24, 2.45) is 5.92 Å². The van der Waals surface area contributed by atoms with E-state index in [9.17, 15) is 9.59 Å². The Morgan fingerprint density at radius 2 is 2.06 bits per heavy atom. The number of hydrogen-bond acceptors (Lipinski definition) is 4. The van der Waals surface area contributed by atoms with Gasteiger partial charge in [0.1, 0.15) is 6.33 Å². The number of amides is 2. The van der Waals surface area contributed by atoms with Gasteiger partial charge >= 0.3 is 12.0 Å². The zero-order chi connectivity index (χ0) is 13.4. The Morgan fingerprint density at radius 1 is 1.39 bits per heavy atom. The number of aliphatic carboxylic acids is 1. The molecule has 0 aliphatic rings. The molecule has 0 saturated heterocycles. The maximum Gasteiger partial charge on any atom is 0.319 e. The van der Waals surface area contributed by atoms with Crippen molar-refractivity contribution in [1.82, 2.24) is 15.3 Å². The molecule has 1 rings (SSSR count). The largest absolute Gasteiger partial charge is 0.481 e. The Kier molecular flexibility index (Phi) is 5.56. The highest BCUT2D eigenvalue weighted by Crippen LogP contribution is 2.04. The number of hydrogen-bond donors (Lipinski definition) is 3. The molecule has 0 aliphatic carbocycles. The summed E-state index contributed by atoms with van der Waals surface area (Å²) < 4.78 is 0. The number of rotatable bonds is 6.